The number of nitrogens with one attached hydrogen (secondary N) is 2. The number of aryl methyl sites for hydroxylation is 1. The Balaban J connectivity index is 1.48. The second kappa shape index (κ2) is 9.80. The normalized spacial score (nSPS) is 10.4. The van der Waals surface area contributed by atoms with Crippen LogP contribution in [0.5, 0.6) is 11.5 Å². The highest BCUT2D eigenvalue weighted by Crippen LogP contribution is 2.17. The zero-order chi connectivity index (χ0) is 19.8. The number of hydrogen-bond acceptors (Lipinski definition) is 6. The first-order chi connectivity index (χ1) is 13.6. The van der Waals surface area contributed by atoms with Gasteiger partial charge in [0.2, 0.25) is 5.95 Å². The highest BCUT2D eigenvalue weighted by molar-refractivity contribution is 6.30. The predicted molar refractivity (Wildman–Crippen MR) is 113 cm³/mol. The maximum Gasteiger partial charge on any atom is 0.225 e. The fourth-order valence-corrected chi connectivity index (χ4v) is 2.67. The van der Waals surface area contributed by atoms with Crippen LogP contribution in [0.3, 0.4) is 0 Å². The van der Waals surface area contributed by atoms with E-state index in [0.717, 1.165) is 33.6 Å². The van der Waals surface area contributed by atoms with E-state index in [1.54, 1.807) is 7.11 Å². The molecule has 7 heteroatoms. The highest BCUT2D eigenvalue weighted by Gasteiger charge is 2.03. The van der Waals surface area contributed by atoms with Gasteiger partial charge in [-0.25, -0.2) is 4.98 Å². The maximum atomic E-state index is 5.91. The Hall–Kier alpha value is -2.99. The minimum atomic E-state index is 0.517. The van der Waals surface area contributed by atoms with Crippen molar-refractivity contribution in [2.75, 3.05) is 30.9 Å². The molecule has 0 fully saturated rings. The minimum absolute atomic E-state index is 0.517. The quantitative estimate of drug-likeness (QED) is 0.515. The molecule has 0 unspecified atom stereocenters. The molecule has 0 amide bonds. The van der Waals surface area contributed by atoms with Crippen LogP contribution in [0.1, 0.15) is 11.3 Å². The number of rotatable bonds is 9. The Kier molecular flexibility index (Phi) is 6.92. The van der Waals surface area contributed by atoms with Gasteiger partial charge in [-0.1, -0.05) is 23.7 Å². The summed E-state index contributed by atoms with van der Waals surface area (Å²) >= 11 is 5.91. The van der Waals surface area contributed by atoms with Crippen LogP contribution >= 0.6 is 11.6 Å². The molecular formula is C21H23ClN4O2. The van der Waals surface area contributed by atoms with Crippen LogP contribution in [0.15, 0.2) is 54.6 Å². The van der Waals surface area contributed by atoms with Gasteiger partial charge in [-0.2, -0.15) is 4.98 Å². The van der Waals surface area contributed by atoms with Gasteiger partial charge in [-0.15, -0.1) is 0 Å². The molecule has 0 aliphatic carbocycles. The number of methoxy groups -OCH3 is 1. The average molecular weight is 399 g/mol. The van der Waals surface area contributed by atoms with Crippen molar-refractivity contribution in [1.29, 1.82) is 0 Å². The van der Waals surface area contributed by atoms with E-state index in [9.17, 15) is 0 Å². The van der Waals surface area contributed by atoms with E-state index in [0.29, 0.717) is 25.6 Å². The van der Waals surface area contributed by atoms with Gasteiger partial charge in [0.25, 0.3) is 0 Å². The van der Waals surface area contributed by atoms with E-state index >= 15 is 0 Å². The molecule has 1 aromatic heterocycles. The molecule has 0 spiro atoms. The first-order valence-corrected chi connectivity index (χ1v) is 9.35. The second-order valence-electron chi connectivity index (χ2n) is 6.15. The van der Waals surface area contributed by atoms with Gasteiger partial charge in [0.1, 0.15) is 23.9 Å². The van der Waals surface area contributed by atoms with Gasteiger partial charge in [0, 0.05) is 23.3 Å². The topological polar surface area (TPSA) is 68.3 Å². The van der Waals surface area contributed by atoms with E-state index in [2.05, 4.69) is 20.6 Å². The lowest BCUT2D eigenvalue weighted by atomic mass is 10.2. The first kappa shape index (κ1) is 19.8. The fraction of sp³-hybridized carbons (Fsp3) is 0.238. The van der Waals surface area contributed by atoms with Gasteiger partial charge in [0.15, 0.2) is 0 Å². The van der Waals surface area contributed by atoms with Gasteiger partial charge < -0.3 is 20.1 Å². The molecule has 3 rings (SSSR count). The zero-order valence-electron chi connectivity index (χ0n) is 15.9. The fourth-order valence-electron chi connectivity index (χ4n) is 2.54. The van der Waals surface area contributed by atoms with Crippen molar-refractivity contribution in [3.05, 3.63) is 70.9 Å². The summed E-state index contributed by atoms with van der Waals surface area (Å²) in [5, 5.41) is 7.23. The van der Waals surface area contributed by atoms with Crippen molar-refractivity contribution in [2.45, 2.75) is 13.5 Å². The molecule has 28 heavy (non-hydrogen) atoms. The van der Waals surface area contributed by atoms with Crippen LogP contribution in [0, 0.1) is 6.92 Å². The molecule has 146 valence electrons. The summed E-state index contributed by atoms with van der Waals surface area (Å²) < 4.78 is 10.8. The molecule has 2 N–H and O–H groups in total. The van der Waals surface area contributed by atoms with Gasteiger partial charge in [-0.05, 0) is 48.9 Å². The lowest BCUT2D eigenvalue weighted by Gasteiger charge is -2.11. The Morgan fingerprint density at radius 1 is 0.929 bits per heavy atom. The van der Waals surface area contributed by atoms with Crippen molar-refractivity contribution in [1.82, 2.24) is 9.97 Å². The molecule has 0 aliphatic heterocycles. The molecule has 0 radical (unpaired) electrons. The maximum absolute atomic E-state index is 5.91. The number of anilines is 2. The van der Waals surface area contributed by atoms with Gasteiger partial charge >= 0.3 is 0 Å². The Bertz CT molecular complexity index is 886. The van der Waals surface area contributed by atoms with Crippen LogP contribution in [-0.2, 0) is 6.54 Å². The third kappa shape index (κ3) is 6.03. The Morgan fingerprint density at radius 3 is 2.36 bits per heavy atom. The SMILES string of the molecule is COc1ccc(OCCNc2cc(C)nc(NCc3ccc(Cl)cc3)n2)cc1. The van der Waals surface area contributed by atoms with Crippen molar-refractivity contribution in [2.24, 2.45) is 0 Å². The third-order valence-corrected chi connectivity index (χ3v) is 4.21. The van der Waals surface area contributed by atoms with Gasteiger partial charge in [-0.3, -0.25) is 0 Å². The Morgan fingerprint density at radius 2 is 1.64 bits per heavy atom. The van der Waals surface area contributed by atoms with E-state index in [1.165, 1.54) is 0 Å². The zero-order valence-corrected chi connectivity index (χ0v) is 16.7. The summed E-state index contributed by atoms with van der Waals surface area (Å²) in [5.41, 5.74) is 1.99. The highest BCUT2D eigenvalue weighted by atomic mass is 35.5. The van der Waals surface area contributed by atoms with E-state index < -0.39 is 0 Å². The number of halogens is 1. The van der Waals surface area contributed by atoms with Crippen LogP contribution in [0.4, 0.5) is 11.8 Å². The van der Waals surface area contributed by atoms with Crippen molar-refractivity contribution in [3.63, 3.8) is 0 Å². The molecule has 0 bridgehead atoms. The molecule has 0 saturated carbocycles. The smallest absolute Gasteiger partial charge is 0.225 e. The standard InChI is InChI=1S/C21H23ClN4O2/c1-15-13-20(23-11-12-28-19-9-7-18(27-2)8-10-19)26-21(25-15)24-14-16-3-5-17(22)6-4-16/h3-10,13H,11-12,14H2,1-2H3,(H2,23,24,25,26). The summed E-state index contributed by atoms with van der Waals surface area (Å²) in [6.45, 7) is 3.71. The van der Waals surface area contributed by atoms with E-state index in [1.807, 2.05) is 61.5 Å². The van der Waals surface area contributed by atoms with Crippen LogP contribution < -0.4 is 20.1 Å². The molecule has 3 aromatic rings. The van der Waals surface area contributed by atoms with Crippen molar-refractivity contribution >= 4 is 23.4 Å². The summed E-state index contributed by atoms with van der Waals surface area (Å²) in [6.07, 6.45) is 0. The number of benzene rings is 2. The monoisotopic (exact) mass is 398 g/mol. The third-order valence-electron chi connectivity index (χ3n) is 3.95. The summed E-state index contributed by atoms with van der Waals surface area (Å²) in [6, 6.07) is 17.1. The second-order valence-corrected chi connectivity index (χ2v) is 6.59. The number of nitrogens with zero attached hydrogens (tertiary/aromatic N) is 2. The first-order valence-electron chi connectivity index (χ1n) is 8.97. The molecule has 0 saturated heterocycles. The van der Waals surface area contributed by atoms with Crippen LogP contribution in [-0.4, -0.2) is 30.2 Å². The molecular weight excluding hydrogens is 376 g/mol. The van der Waals surface area contributed by atoms with Crippen molar-refractivity contribution < 1.29 is 9.47 Å². The molecule has 6 nitrogen and oxygen atoms in total. The molecule has 2 aromatic carbocycles. The Labute approximate surface area is 169 Å². The lowest BCUT2D eigenvalue weighted by Crippen LogP contribution is -2.14. The number of hydrogen-bond donors (Lipinski definition) is 2. The van der Waals surface area contributed by atoms with Crippen molar-refractivity contribution in [3.8, 4) is 11.5 Å². The van der Waals surface area contributed by atoms with Crippen LogP contribution in [0.2, 0.25) is 5.02 Å². The average Bonchev–Trinajstić information content (AvgIpc) is 2.71. The number of aromatic nitrogens is 2. The number of ether oxygens (including phenoxy) is 2. The van der Waals surface area contributed by atoms with E-state index in [4.69, 9.17) is 21.1 Å². The largest absolute Gasteiger partial charge is 0.497 e. The summed E-state index contributed by atoms with van der Waals surface area (Å²) in [7, 11) is 1.64. The molecule has 1 heterocycles. The minimum Gasteiger partial charge on any atom is -0.497 e. The van der Waals surface area contributed by atoms with E-state index in [-0.39, 0.29) is 0 Å². The van der Waals surface area contributed by atoms with Gasteiger partial charge in [0.05, 0.1) is 13.7 Å². The van der Waals surface area contributed by atoms with Crippen LogP contribution in [0.25, 0.3) is 0 Å². The molecule has 0 atom stereocenters. The predicted octanol–water partition coefficient (Wildman–Crippen LogP) is 4.55. The molecule has 0 aliphatic rings. The summed E-state index contributed by atoms with van der Waals surface area (Å²) in [5.74, 6) is 2.94. The lowest BCUT2D eigenvalue weighted by molar-refractivity contribution is 0.331. The summed E-state index contributed by atoms with van der Waals surface area (Å²) in [4.78, 5) is 8.93.